The molecule has 0 aliphatic heterocycles. The molecule has 0 fully saturated rings. The number of amides is 2. The number of benzene rings is 3. The zero-order chi connectivity index (χ0) is 26.9. The molecule has 5 rings (SSSR count). The van der Waals surface area contributed by atoms with Crippen molar-refractivity contribution in [3.05, 3.63) is 89.2 Å². The molecule has 7 nitrogen and oxygen atoms in total. The highest BCUT2D eigenvalue weighted by atomic mass is 19.1. The predicted molar refractivity (Wildman–Crippen MR) is 145 cm³/mol. The average molecular weight is 514 g/mol. The van der Waals surface area contributed by atoms with Crippen molar-refractivity contribution in [2.45, 2.75) is 64.6 Å². The minimum Gasteiger partial charge on any atom is -0.349 e. The summed E-state index contributed by atoms with van der Waals surface area (Å²) in [6.07, 6.45) is 3.59. The Labute approximate surface area is 221 Å². The van der Waals surface area contributed by atoms with Crippen molar-refractivity contribution in [3.8, 4) is 0 Å². The topological polar surface area (TPSA) is 80.1 Å². The van der Waals surface area contributed by atoms with E-state index in [1.165, 1.54) is 21.2 Å². The van der Waals surface area contributed by atoms with E-state index in [9.17, 15) is 9.59 Å². The Kier molecular flexibility index (Phi) is 6.97. The third kappa shape index (κ3) is 5.03. The maximum absolute atomic E-state index is 15.3. The molecule has 1 heterocycles. The fourth-order valence-corrected chi connectivity index (χ4v) is 4.97. The van der Waals surface area contributed by atoms with Crippen LogP contribution >= 0.6 is 0 Å². The second-order valence-corrected chi connectivity index (χ2v) is 10.5. The molecule has 0 radical (unpaired) electrons. The molecular formula is C30H32FN5O2. The summed E-state index contributed by atoms with van der Waals surface area (Å²) in [4.78, 5) is 29.5. The number of aryl methyl sites for hydroxylation is 2. The Bertz CT molecular complexity index is 1500. The highest BCUT2D eigenvalue weighted by Gasteiger charge is 2.37. The van der Waals surface area contributed by atoms with Gasteiger partial charge in [-0.2, -0.15) is 0 Å². The van der Waals surface area contributed by atoms with Crippen molar-refractivity contribution >= 4 is 28.5 Å². The van der Waals surface area contributed by atoms with E-state index in [2.05, 4.69) is 15.6 Å². The van der Waals surface area contributed by atoms with Gasteiger partial charge in [0.05, 0.1) is 5.52 Å². The molecule has 38 heavy (non-hydrogen) atoms. The number of hydrogen-bond acceptors (Lipinski definition) is 4. The maximum atomic E-state index is 15.3. The highest BCUT2D eigenvalue weighted by molar-refractivity contribution is 6.01. The standard InChI is InChI=1S/C30H32FN5O2/c1-4-30(2,3)32-29(38)28(23-12-5-6-13-24(23)31)36(22-17-16-20-10-9-11-21(20)18-22)27(37)19-35-26-15-8-7-14-25(26)33-34-35/h5-8,12-18,28H,4,9-11,19H2,1-3H3,(H,32,38)/t28-/m1/s1. The summed E-state index contributed by atoms with van der Waals surface area (Å²) in [5.41, 5.74) is 3.89. The molecule has 0 spiro atoms. The number of aromatic nitrogens is 3. The lowest BCUT2D eigenvalue weighted by atomic mass is 9.97. The molecule has 1 aliphatic carbocycles. The molecule has 0 bridgehead atoms. The van der Waals surface area contributed by atoms with E-state index < -0.39 is 29.2 Å². The zero-order valence-corrected chi connectivity index (χ0v) is 21.9. The first-order chi connectivity index (χ1) is 18.3. The van der Waals surface area contributed by atoms with E-state index in [-0.39, 0.29) is 12.1 Å². The summed E-state index contributed by atoms with van der Waals surface area (Å²) in [5, 5.41) is 11.4. The molecule has 3 aromatic carbocycles. The molecule has 196 valence electrons. The zero-order valence-electron chi connectivity index (χ0n) is 21.9. The fourth-order valence-electron chi connectivity index (χ4n) is 4.97. The van der Waals surface area contributed by atoms with Crippen LogP contribution in [0.4, 0.5) is 10.1 Å². The average Bonchev–Trinajstić information content (AvgIpc) is 3.54. The van der Waals surface area contributed by atoms with Gasteiger partial charge in [0.25, 0.3) is 0 Å². The lowest BCUT2D eigenvalue weighted by Gasteiger charge is -2.35. The third-order valence-corrected chi connectivity index (χ3v) is 7.39. The number of rotatable bonds is 8. The molecule has 8 heteroatoms. The highest BCUT2D eigenvalue weighted by Crippen LogP contribution is 2.34. The lowest BCUT2D eigenvalue weighted by molar-refractivity contribution is -0.128. The minimum atomic E-state index is -1.22. The van der Waals surface area contributed by atoms with Gasteiger partial charge in [0, 0.05) is 16.8 Å². The van der Waals surface area contributed by atoms with E-state index in [1.807, 2.05) is 63.2 Å². The smallest absolute Gasteiger partial charge is 0.249 e. The maximum Gasteiger partial charge on any atom is 0.249 e. The normalized spacial score (nSPS) is 13.8. The molecule has 0 unspecified atom stereocenters. The van der Waals surface area contributed by atoms with E-state index in [0.717, 1.165) is 24.8 Å². The molecular weight excluding hydrogens is 481 g/mol. The van der Waals surface area contributed by atoms with Crippen LogP contribution in [-0.4, -0.2) is 32.3 Å². The van der Waals surface area contributed by atoms with E-state index in [4.69, 9.17) is 0 Å². The van der Waals surface area contributed by atoms with Crippen LogP contribution in [0.5, 0.6) is 0 Å². The number of anilines is 1. The van der Waals surface area contributed by atoms with Gasteiger partial charge in [-0.1, -0.05) is 48.5 Å². The number of nitrogens with one attached hydrogen (secondary N) is 1. The molecule has 1 N–H and O–H groups in total. The van der Waals surface area contributed by atoms with Gasteiger partial charge in [-0.15, -0.1) is 5.10 Å². The van der Waals surface area contributed by atoms with E-state index in [1.54, 1.807) is 18.2 Å². The van der Waals surface area contributed by atoms with Crippen molar-refractivity contribution in [1.82, 2.24) is 20.3 Å². The number of nitrogens with zero attached hydrogens (tertiary/aromatic N) is 4. The summed E-state index contributed by atoms with van der Waals surface area (Å²) in [5.74, 6) is -1.39. The van der Waals surface area contributed by atoms with Crippen LogP contribution in [0.25, 0.3) is 11.0 Å². The van der Waals surface area contributed by atoms with Gasteiger partial charge in [0.2, 0.25) is 11.8 Å². The first-order valence-electron chi connectivity index (χ1n) is 13.1. The first kappa shape index (κ1) is 25.6. The van der Waals surface area contributed by atoms with Crippen molar-refractivity contribution in [3.63, 3.8) is 0 Å². The number of carbonyl (C=O) groups excluding carboxylic acids is 2. The van der Waals surface area contributed by atoms with Crippen LogP contribution in [0.1, 0.15) is 56.3 Å². The summed E-state index contributed by atoms with van der Waals surface area (Å²) >= 11 is 0. The molecule has 1 aliphatic rings. The second kappa shape index (κ2) is 10.4. The first-order valence-corrected chi connectivity index (χ1v) is 13.1. The Morgan fingerprint density at radius 2 is 1.79 bits per heavy atom. The lowest BCUT2D eigenvalue weighted by Crippen LogP contribution is -2.51. The number of fused-ring (bicyclic) bond motifs is 2. The van der Waals surface area contributed by atoms with Gasteiger partial charge in [0.1, 0.15) is 23.9 Å². The Morgan fingerprint density at radius 1 is 1.05 bits per heavy atom. The SMILES string of the molecule is CCC(C)(C)NC(=O)[C@@H](c1ccccc1F)N(C(=O)Cn1nnc2ccccc21)c1ccc2c(c1)CCC2. The van der Waals surface area contributed by atoms with Gasteiger partial charge >= 0.3 is 0 Å². The van der Waals surface area contributed by atoms with Gasteiger partial charge in [0.15, 0.2) is 0 Å². The Hall–Kier alpha value is -4.07. The predicted octanol–water partition coefficient (Wildman–Crippen LogP) is 5.14. The monoisotopic (exact) mass is 513 g/mol. The summed E-state index contributed by atoms with van der Waals surface area (Å²) in [6.45, 7) is 5.63. The molecule has 0 saturated heterocycles. The number of carbonyl (C=O) groups is 2. The molecule has 1 atom stereocenters. The molecule has 1 aromatic heterocycles. The van der Waals surface area contributed by atoms with Gasteiger partial charge < -0.3 is 5.32 Å². The summed E-state index contributed by atoms with van der Waals surface area (Å²) < 4.78 is 16.8. The summed E-state index contributed by atoms with van der Waals surface area (Å²) in [7, 11) is 0. The Balaban J connectivity index is 1.63. The van der Waals surface area contributed by atoms with Crippen molar-refractivity contribution in [2.75, 3.05) is 4.90 Å². The van der Waals surface area contributed by atoms with Crippen LogP contribution in [0.3, 0.4) is 0 Å². The van der Waals surface area contributed by atoms with Crippen LogP contribution in [0.15, 0.2) is 66.7 Å². The van der Waals surface area contributed by atoms with Crippen molar-refractivity contribution in [2.24, 2.45) is 0 Å². The van der Waals surface area contributed by atoms with E-state index >= 15 is 4.39 Å². The molecule has 4 aromatic rings. The number of para-hydroxylation sites is 1. The van der Waals surface area contributed by atoms with Gasteiger partial charge in [-0.05, 0) is 81.0 Å². The van der Waals surface area contributed by atoms with Crippen molar-refractivity contribution < 1.29 is 14.0 Å². The fraction of sp³-hybridized carbons (Fsp3) is 0.333. The molecule has 0 saturated carbocycles. The van der Waals surface area contributed by atoms with Gasteiger partial charge in [-0.25, -0.2) is 9.07 Å². The van der Waals surface area contributed by atoms with Crippen LogP contribution in [-0.2, 0) is 29.0 Å². The number of hydrogen-bond donors (Lipinski definition) is 1. The van der Waals surface area contributed by atoms with Crippen LogP contribution in [0, 0.1) is 5.82 Å². The number of halogens is 1. The second-order valence-electron chi connectivity index (χ2n) is 10.5. The van der Waals surface area contributed by atoms with Crippen molar-refractivity contribution in [1.29, 1.82) is 0 Å². The largest absolute Gasteiger partial charge is 0.349 e. The molecule has 2 amide bonds. The minimum absolute atomic E-state index is 0.134. The Morgan fingerprint density at radius 3 is 2.58 bits per heavy atom. The van der Waals surface area contributed by atoms with Crippen LogP contribution in [0.2, 0.25) is 0 Å². The van der Waals surface area contributed by atoms with Crippen LogP contribution < -0.4 is 10.2 Å². The third-order valence-electron chi connectivity index (χ3n) is 7.39. The van der Waals surface area contributed by atoms with E-state index in [0.29, 0.717) is 23.1 Å². The quantitative estimate of drug-likeness (QED) is 0.354. The van der Waals surface area contributed by atoms with Gasteiger partial charge in [-0.3, -0.25) is 14.5 Å². The summed E-state index contributed by atoms with van der Waals surface area (Å²) in [6, 6.07) is 18.1.